The number of hydrogen-bond acceptors (Lipinski definition) is 3. The van der Waals surface area contributed by atoms with Gasteiger partial charge in [0, 0.05) is 31.2 Å². The van der Waals surface area contributed by atoms with Crippen molar-refractivity contribution in [2.75, 3.05) is 0 Å². The van der Waals surface area contributed by atoms with Gasteiger partial charge in [0.2, 0.25) is 0 Å². The van der Waals surface area contributed by atoms with Gasteiger partial charge < -0.3 is 0 Å². The van der Waals surface area contributed by atoms with Crippen LogP contribution in [-0.2, 0) is 14.1 Å². The third-order valence-electron chi connectivity index (χ3n) is 8.19. The van der Waals surface area contributed by atoms with Crippen LogP contribution in [0, 0.1) is 20.8 Å². The van der Waals surface area contributed by atoms with E-state index in [1.54, 1.807) is 18.7 Å². The molecule has 0 unspecified atom stereocenters. The number of hydrogen-bond donors (Lipinski definition) is 1. The minimum Gasteiger partial charge on any atom is -0.295 e. The predicted octanol–water partition coefficient (Wildman–Crippen LogP) is 4.25. The number of nitrogens with zero attached hydrogens (tertiary/aromatic N) is 5. The number of rotatable bonds is 6. The van der Waals surface area contributed by atoms with Gasteiger partial charge in [0.15, 0.2) is 0 Å². The zero-order valence-corrected chi connectivity index (χ0v) is 24.2. The van der Waals surface area contributed by atoms with Crippen LogP contribution in [0.25, 0.3) is 17.1 Å². The first-order valence-electron chi connectivity index (χ1n) is 13.8. The molecule has 3 heterocycles. The summed E-state index contributed by atoms with van der Waals surface area (Å²) >= 11 is 0. The van der Waals surface area contributed by atoms with E-state index < -0.39 is 5.92 Å². The smallest absolute Gasteiger partial charge is 0.275 e. The summed E-state index contributed by atoms with van der Waals surface area (Å²) < 4.78 is 8.21. The Balaban J connectivity index is 1.71. The molecule has 0 radical (unpaired) electrons. The van der Waals surface area contributed by atoms with Crippen molar-refractivity contribution in [3.63, 3.8) is 0 Å². The van der Waals surface area contributed by atoms with Crippen molar-refractivity contribution in [3.05, 3.63) is 156 Å². The highest BCUT2D eigenvalue weighted by molar-refractivity contribution is 5.49. The fourth-order valence-corrected chi connectivity index (χ4v) is 5.93. The van der Waals surface area contributed by atoms with Crippen LogP contribution in [0.1, 0.15) is 39.7 Å². The quantitative estimate of drug-likeness (QED) is 0.330. The topological polar surface area (TPSA) is 91.7 Å². The first kappa shape index (κ1) is 26.9. The van der Waals surface area contributed by atoms with Gasteiger partial charge in [-0.1, -0.05) is 54.6 Å². The molecule has 9 heteroatoms. The Morgan fingerprint density at radius 3 is 1.31 bits per heavy atom. The number of para-hydroxylation sites is 3. The van der Waals surface area contributed by atoms with Gasteiger partial charge in [0.25, 0.3) is 16.7 Å². The van der Waals surface area contributed by atoms with Gasteiger partial charge in [-0.3, -0.25) is 28.8 Å². The van der Waals surface area contributed by atoms with Crippen LogP contribution >= 0.6 is 0 Å². The third-order valence-corrected chi connectivity index (χ3v) is 8.19. The molecule has 0 aliphatic carbocycles. The molecule has 212 valence electrons. The van der Waals surface area contributed by atoms with E-state index in [9.17, 15) is 14.4 Å². The number of aromatic amines is 1. The molecular formula is C33H32N6O3. The SMILES string of the molecule is Cc1[nH]n(-c2ccccc2)c(=O)c1C(c1c(C)n(C)n(-c2ccccc2)c1=O)c1c(C)n(C)n(-c2ccccc2)c1=O. The lowest BCUT2D eigenvalue weighted by Crippen LogP contribution is -2.29. The molecule has 0 fully saturated rings. The van der Waals surface area contributed by atoms with E-state index in [1.165, 1.54) is 4.68 Å². The Morgan fingerprint density at radius 2 is 0.905 bits per heavy atom. The first-order valence-corrected chi connectivity index (χ1v) is 13.8. The van der Waals surface area contributed by atoms with E-state index in [0.29, 0.717) is 50.8 Å². The monoisotopic (exact) mass is 560 g/mol. The second-order valence-electron chi connectivity index (χ2n) is 10.5. The molecule has 0 atom stereocenters. The van der Waals surface area contributed by atoms with Crippen molar-refractivity contribution in [1.29, 1.82) is 0 Å². The van der Waals surface area contributed by atoms with Gasteiger partial charge in [-0.25, -0.2) is 14.0 Å². The maximum Gasteiger partial charge on any atom is 0.275 e. The molecule has 6 rings (SSSR count). The summed E-state index contributed by atoms with van der Waals surface area (Å²) in [5.74, 6) is -0.925. The van der Waals surface area contributed by atoms with Crippen molar-refractivity contribution in [3.8, 4) is 17.1 Å². The molecular weight excluding hydrogens is 528 g/mol. The normalized spacial score (nSPS) is 11.5. The van der Waals surface area contributed by atoms with Crippen molar-refractivity contribution >= 4 is 0 Å². The van der Waals surface area contributed by atoms with Gasteiger partial charge >= 0.3 is 0 Å². The molecule has 0 aliphatic rings. The molecule has 9 nitrogen and oxygen atoms in total. The van der Waals surface area contributed by atoms with E-state index in [4.69, 9.17) is 0 Å². The molecule has 0 aliphatic heterocycles. The molecule has 0 spiro atoms. The Bertz CT molecular complexity index is 1990. The highest BCUT2D eigenvalue weighted by Crippen LogP contribution is 2.33. The summed E-state index contributed by atoms with van der Waals surface area (Å²) in [6, 6.07) is 28.0. The molecule has 6 aromatic rings. The van der Waals surface area contributed by atoms with E-state index in [2.05, 4.69) is 5.10 Å². The summed E-state index contributed by atoms with van der Waals surface area (Å²) in [4.78, 5) is 43.0. The van der Waals surface area contributed by atoms with Gasteiger partial charge in [-0.05, 0) is 57.2 Å². The first-order chi connectivity index (χ1) is 20.2. The molecule has 3 aromatic carbocycles. The Kier molecular flexibility index (Phi) is 6.57. The zero-order chi connectivity index (χ0) is 29.7. The largest absolute Gasteiger partial charge is 0.295 e. The number of benzene rings is 3. The minimum absolute atomic E-state index is 0.286. The molecule has 0 saturated heterocycles. The van der Waals surface area contributed by atoms with E-state index in [0.717, 1.165) is 0 Å². The number of aryl methyl sites for hydroxylation is 1. The maximum absolute atomic E-state index is 14.4. The van der Waals surface area contributed by atoms with Gasteiger partial charge in [-0.2, -0.15) is 0 Å². The fraction of sp³-hybridized carbons (Fsp3) is 0.182. The Hall–Kier alpha value is -5.31. The summed E-state index contributed by atoms with van der Waals surface area (Å²) in [5.41, 5.74) is 4.18. The molecule has 3 aromatic heterocycles. The van der Waals surface area contributed by atoms with Crippen LogP contribution in [-0.4, -0.2) is 28.5 Å². The summed E-state index contributed by atoms with van der Waals surface area (Å²) in [7, 11) is 3.63. The molecule has 42 heavy (non-hydrogen) atoms. The van der Waals surface area contributed by atoms with Crippen LogP contribution in [0.4, 0.5) is 0 Å². The number of nitrogens with one attached hydrogen (secondary N) is 1. The molecule has 0 saturated carbocycles. The van der Waals surface area contributed by atoms with Crippen LogP contribution in [0.3, 0.4) is 0 Å². The minimum atomic E-state index is -0.925. The fourth-order valence-electron chi connectivity index (χ4n) is 5.93. The predicted molar refractivity (Wildman–Crippen MR) is 164 cm³/mol. The lowest BCUT2D eigenvalue weighted by atomic mass is 9.85. The van der Waals surface area contributed by atoms with Crippen molar-refractivity contribution < 1.29 is 0 Å². The molecule has 0 amide bonds. The van der Waals surface area contributed by atoms with Gasteiger partial charge in [0.05, 0.1) is 39.7 Å². The summed E-state index contributed by atoms with van der Waals surface area (Å²) in [6.45, 7) is 5.52. The van der Waals surface area contributed by atoms with E-state index in [1.807, 2.05) is 126 Å². The lowest BCUT2D eigenvalue weighted by molar-refractivity contribution is 0.630. The van der Waals surface area contributed by atoms with Crippen molar-refractivity contribution in [2.24, 2.45) is 14.1 Å². The highest BCUT2D eigenvalue weighted by atomic mass is 16.1. The summed E-state index contributed by atoms with van der Waals surface area (Å²) in [6.07, 6.45) is 0. The molecule has 1 N–H and O–H groups in total. The Labute approximate surface area is 242 Å². The second-order valence-corrected chi connectivity index (χ2v) is 10.5. The Morgan fingerprint density at radius 1 is 0.524 bits per heavy atom. The zero-order valence-electron chi connectivity index (χ0n) is 24.2. The third kappa shape index (κ3) is 4.04. The highest BCUT2D eigenvalue weighted by Gasteiger charge is 2.36. The average molecular weight is 561 g/mol. The molecule has 0 bridgehead atoms. The van der Waals surface area contributed by atoms with Crippen LogP contribution < -0.4 is 16.7 Å². The summed E-state index contributed by atoms with van der Waals surface area (Å²) in [5, 5.41) is 3.21. The van der Waals surface area contributed by atoms with Crippen LogP contribution in [0.15, 0.2) is 105 Å². The van der Waals surface area contributed by atoms with E-state index in [-0.39, 0.29) is 16.7 Å². The average Bonchev–Trinajstić information content (AvgIpc) is 3.51. The maximum atomic E-state index is 14.4. The van der Waals surface area contributed by atoms with Crippen molar-refractivity contribution in [2.45, 2.75) is 26.7 Å². The van der Waals surface area contributed by atoms with Crippen molar-refractivity contribution in [1.82, 2.24) is 28.5 Å². The van der Waals surface area contributed by atoms with Crippen LogP contribution in [0.5, 0.6) is 0 Å². The van der Waals surface area contributed by atoms with Gasteiger partial charge in [-0.15, -0.1) is 0 Å². The lowest BCUT2D eigenvalue weighted by Gasteiger charge is -2.15. The number of H-pyrrole nitrogens is 1. The number of aromatic nitrogens is 6. The standard InChI is InChI=1S/C33H32N6O3/c1-21-27(31(40)37(34-21)24-15-9-6-10-16-24)30(28-22(2)35(4)38(32(28)41)25-17-11-7-12-18-25)29-23(3)36(5)39(33(29)42)26-19-13-8-14-20-26/h6-20,30,34H,1-5H3. The van der Waals surface area contributed by atoms with E-state index >= 15 is 0 Å². The van der Waals surface area contributed by atoms with Gasteiger partial charge in [0.1, 0.15) is 0 Å². The second kappa shape index (κ2) is 10.3. The van der Waals surface area contributed by atoms with Crippen LogP contribution in [0.2, 0.25) is 0 Å².